The quantitative estimate of drug-likeness (QED) is 0.0905. The van der Waals surface area contributed by atoms with Crippen molar-refractivity contribution in [3.05, 3.63) is 199 Å². The molecule has 0 radical (unpaired) electrons. The van der Waals surface area contributed by atoms with Crippen LogP contribution in [-0.4, -0.2) is 33.3 Å². The van der Waals surface area contributed by atoms with Gasteiger partial charge in [0, 0.05) is 45.2 Å². The van der Waals surface area contributed by atoms with Gasteiger partial charge in [0.1, 0.15) is 23.1 Å². The summed E-state index contributed by atoms with van der Waals surface area (Å²) in [6.07, 6.45) is 3.09. The Labute approximate surface area is 334 Å². The van der Waals surface area contributed by atoms with Crippen LogP contribution in [0.3, 0.4) is 0 Å². The Bertz CT molecular complexity index is 2660. The molecule has 0 aromatic heterocycles. The van der Waals surface area contributed by atoms with Gasteiger partial charge in [-0.3, -0.25) is 39.6 Å². The topological polar surface area (TPSA) is 164 Å². The number of nitrogens with one attached hydrogen (secondary N) is 1. The van der Waals surface area contributed by atoms with Gasteiger partial charge in [0.2, 0.25) is 0 Å². The Morgan fingerprint density at radius 2 is 0.966 bits per heavy atom. The van der Waals surface area contributed by atoms with Crippen LogP contribution in [0.4, 0.5) is 34.1 Å². The van der Waals surface area contributed by atoms with E-state index in [9.17, 15) is 29.8 Å². The van der Waals surface area contributed by atoms with E-state index in [1.165, 1.54) is 45.8 Å². The molecule has 9 rings (SSSR count). The molecule has 3 aliphatic heterocycles. The Hall–Kier alpha value is -7.97. The summed E-state index contributed by atoms with van der Waals surface area (Å²) in [6, 6.07) is 41.9. The van der Waals surface area contributed by atoms with E-state index in [1.807, 2.05) is 97.1 Å². The molecule has 13 nitrogen and oxygen atoms in total. The first-order chi connectivity index (χ1) is 28.2. The number of aliphatic imine (C=N–C) groups is 2. The summed E-state index contributed by atoms with van der Waals surface area (Å²) in [5.41, 5.74) is 5.18. The normalized spacial score (nSPS) is 15.9. The van der Waals surface area contributed by atoms with Crippen molar-refractivity contribution in [1.82, 2.24) is 0 Å². The summed E-state index contributed by atoms with van der Waals surface area (Å²) in [4.78, 5) is 64.3. The molecule has 58 heavy (non-hydrogen) atoms. The van der Waals surface area contributed by atoms with E-state index in [2.05, 4.69) is 5.32 Å². The Morgan fingerprint density at radius 3 is 1.38 bits per heavy atom. The van der Waals surface area contributed by atoms with Crippen LogP contribution in [0.2, 0.25) is 0 Å². The van der Waals surface area contributed by atoms with Crippen molar-refractivity contribution in [2.24, 2.45) is 9.98 Å². The van der Waals surface area contributed by atoms with Crippen LogP contribution < -0.4 is 15.1 Å². The monoisotopic (exact) mass is 781 g/mol. The third-order valence-electron chi connectivity index (χ3n) is 9.49. The highest BCUT2D eigenvalue weighted by Crippen LogP contribution is 2.47. The number of anilines is 4. The fraction of sp³-hybridized carbons (Fsp3) is 0. The van der Waals surface area contributed by atoms with E-state index in [1.54, 1.807) is 36.4 Å². The molecule has 0 saturated carbocycles. The summed E-state index contributed by atoms with van der Waals surface area (Å²) in [7, 11) is 0. The smallest absolute Gasteiger partial charge is 0.282 e. The Morgan fingerprint density at radius 1 is 0.534 bits per heavy atom. The van der Waals surface area contributed by atoms with Gasteiger partial charge >= 0.3 is 0 Å². The molecule has 0 atom stereocenters. The summed E-state index contributed by atoms with van der Waals surface area (Å²) >= 11 is 1.47. The molecule has 0 fully saturated rings. The van der Waals surface area contributed by atoms with E-state index in [-0.39, 0.29) is 22.8 Å². The molecule has 280 valence electrons. The molecular weight excluding hydrogens is 755 g/mol. The molecule has 1 N–H and O–H groups in total. The molecule has 6 aromatic rings. The van der Waals surface area contributed by atoms with Gasteiger partial charge in [-0.2, -0.15) is 0 Å². The van der Waals surface area contributed by atoms with Crippen LogP contribution in [0.5, 0.6) is 0 Å². The minimum absolute atomic E-state index is 0.0957. The van der Waals surface area contributed by atoms with Crippen molar-refractivity contribution in [3.63, 3.8) is 0 Å². The lowest BCUT2D eigenvalue weighted by molar-refractivity contribution is -0.385. The number of carbonyl (C=O) groups is 2. The number of hydrogen-bond acceptors (Lipinski definition) is 10. The second-order valence-corrected chi connectivity index (χ2v) is 14.3. The molecule has 0 bridgehead atoms. The molecule has 0 saturated heterocycles. The van der Waals surface area contributed by atoms with Crippen LogP contribution in [0.25, 0.3) is 12.2 Å². The number of benzene rings is 6. The number of nitrogens with zero attached hydrogens (tertiary/aromatic N) is 6. The van der Waals surface area contributed by atoms with Crippen LogP contribution in [0.15, 0.2) is 177 Å². The maximum Gasteiger partial charge on any atom is 0.282 e. The van der Waals surface area contributed by atoms with E-state index >= 15 is 0 Å². The standard InChI is InChI=1S/C44H27N7O6S/c52-43-37(23-27-9-7-15-33(21-27)50(54)55)46-41(29-11-3-1-4-12-29)48(43)31-17-19-35-39(25-31)58-40-26-32(18-20-36(40)45-35)49-42(30-13-5-2-6-14-30)47-38(44(49)53)24-28-10-8-16-34(22-28)51(56)57/h1-26,45H/b37-23-,38-24+. The number of amides is 2. The number of fused-ring (bicyclic) bond motifs is 2. The lowest BCUT2D eigenvalue weighted by Gasteiger charge is -2.26. The molecular formula is C44H27N7O6S. The highest BCUT2D eigenvalue weighted by Gasteiger charge is 2.35. The lowest BCUT2D eigenvalue weighted by atomic mass is 10.1. The van der Waals surface area contributed by atoms with Gasteiger partial charge in [-0.15, -0.1) is 0 Å². The maximum absolute atomic E-state index is 14.1. The molecule has 0 aliphatic carbocycles. The van der Waals surface area contributed by atoms with Crippen LogP contribution in [-0.2, 0) is 9.59 Å². The Balaban J connectivity index is 1.05. The Kier molecular flexibility index (Phi) is 8.99. The van der Waals surface area contributed by atoms with Crippen LogP contribution >= 0.6 is 11.8 Å². The van der Waals surface area contributed by atoms with Crippen molar-refractivity contribution in [2.45, 2.75) is 9.79 Å². The van der Waals surface area contributed by atoms with Gasteiger partial charge in [-0.25, -0.2) is 9.98 Å². The van der Waals surface area contributed by atoms with Gasteiger partial charge in [0.25, 0.3) is 23.2 Å². The first kappa shape index (κ1) is 35.7. The van der Waals surface area contributed by atoms with Crippen LogP contribution in [0, 0.1) is 20.2 Å². The predicted molar refractivity (Wildman–Crippen MR) is 223 cm³/mol. The van der Waals surface area contributed by atoms with Gasteiger partial charge in [-0.05, 0) is 59.7 Å². The first-order valence-corrected chi connectivity index (χ1v) is 18.6. The average Bonchev–Trinajstić information content (AvgIpc) is 3.75. The molecule has 0 spiro atoms. The highest BCUT2D eigenvalue weighted by atomic mass is 32.2. The van der Waals surface area contributed by atoms with Gasteiger partial charge in [0.05, 0.1) is 32.6 Å². The molecule has 3 aliphatic rings. The van der Waals surface area contributed by atoms with Gasteiger partial charge in [-0.1, -0.05) is 96.7 Å². The summed E-state index contributed by atoms with van der Waals surface area (Å²) in [5, 5.41) is 26.3. The largest absolute Gasteiger partial charge is 0.354 e. The second-order valence-electron chi connectivity index (χ2n) is 13.2. The third-order valence-corrected chi connectivity index (χ3v) is 10.6. The first-order valence-electron chi connectivity index (χ1n) is 17.8. The fourth-order valence-electron chi connectivity index (χ4n) is 6.79. The fourth-order valence-corrected chi connectivity index (χ4v) is 7.84. The highest BCUT2D eigenvalue weighted by molar-refractivity contribution is 7.99. The van der Waals surface area contributed by atoms with E-state index in [0.717, 1.165) is 21.2 Å². The van der Waals surface area contributed by atoms with Crippen molar-refractivity contribution >= 4 is 81.5 Å². The van der Waals surface area contributed by atoms with Crippen molar-refractivity contribution < 1.29 is 19.4 Å². The number of nitro benzene ring substituents is 2. The van der Waals surface area contributed by atoms with E-state index < -0.39 is 21.7 Å². The summed E-state index contributed by atoms with van der Waals surface area (Å²) in [5.74, 6) is 0.0351. The number of non-ortho nitro benzene ring substituents is 2. The van der Waals surface area contributed by atoms with Gasteiger partial charge < -0.3 is 5.32 Å². The molecule has 6 aromatic carbocycles. The van der Waals surface area contributed by atoms with Crippen molar-refractivity contribution in [2.75, 3.05) is 15.1 Å². The second kappa shape index (κ2) is 14.6. The number of rotatable bonds is 8. The van der Waals surface area contributed by atoms with E-state index in [0.29, 0.717) is 45.3 Å². The minimum Gasteiger partial charge on any atom is -0.354 e. The van der Waals surface area contributed by atoms with Gasteiger partial charge in [0.15, 0.2) is 0 Å². The predicted octanol–water partition coefficient (Wildman–Crippen LogP) is 9.38. The molecule has 2 amide bonds. The number of carbonyl (C=O) groups excluding carboxylic acids is 2. The van der Waals surface area contributed by atoms with Crippen molar-refractivity contribution in [3.8, 4) is 0 Å². The summed E-state index contributed by atoms with van der Waals surface area (Å²) < 4.78 is 0. The zero-order valence-corrected chi connectivity index (χ0v) is 30.9. The zero-order chi connectivity index (χ0) is 39.9. The molecule has 3 heterocycles. The van der Waals surface area contributed by atoms with Crippen LogP contribution in [0.1, 0.15) is 22.3 Å². The number of hydrogen-bond donors (Lipinski definition) is 1. The zero-order valence-electron chi connectivity index (χ0n) is 30.1. The minimum atomic E-state index is -0.486. The molecule has 14 heteroatoms. The number of amidine groups is 2. The SMILES string of the molecule is O=C1/C(=C/c2cccc([N+](=O)[O-])c2)N=C(c2ccccc2)N1c1ccc2c(c1)Sc1cc(N3C(=O)/C(=C\c4cccc([N+](=O)[O-])c4)N=C3c3ccccc3)ccc1N2. The summed E-state index contributed by atoms with van der Waals surface area (Å²) in [6.45, 7) is 0. The maximum atomic E-state index is 14.1. The molecule has 0 unspecified atom stereocenters. The van der Waals surface area contributed by atoms with Crippen molar-refractivity contribution in [1.29, 1.82) is 0 Å². The average molecular weight is 782 g/mol. The third kappa shape index (κ3) is 6.69. The van der Waals surface area contributed by atoms with E-state index in [4.69, 9.17) is 9.98 Å². The number of nitro groups is 2. The lowest BCUT2D eigenvalue weighted by Crippen LogP contribution is -2.32.